The van der Waals surface area contributed by atoms with Crippen LogP contribution in [0.5, 0.6) is 0 Å². The second-order valence-electron chi connectivity index (χ2n) is 6.16. The fraction of sp³-hybridized carbons (Fsp3) is 0.733. The van der Waals surface area contributed by atoms with Crippen molar-refractivity contribution < 1.29 is 10.2 Å². The SMILES string of the molecule is CC(C)Cc1ccc(CN2CCCC(O)(CO)C2)s1. The molecular weight excluding hydrogens is 258 g/mol. The number of aliphatic hydroxyl groups excluding tert-OH is 1. The van der Waals surface area contributed by atoms with Gasteiger partial charge in [-0.3, -0.25) is 4.90 Å². The van der Waals surface area contributed by atoms with Crippen LogP contribution in [0, 0.1) is 5.92 Å². The van der Waals surface area contributed by atoms with Crippen LogP contribution in [0.3, 0.4) is 0 Å². The van der Waals surface area contributed by atoms with E-state index in [0.29, 0.717) is 18.9 Å². The van der Waals surface area contributed by atoms with E-state index in [-0.39, 0.29) is 6.61 Å². The minimum absolute atomic E-state index is 0.132. The maximum Gasteiger partial charge on any atom is 0.100 e. The first-order chi connectivity index (χ1) is 9.00. The lowest BCUT2D eigenvalue weighted by Crippen LogP contribution is -2.49. The van der Waals surface area contributed by atoms with E-state index in [1.165, 1.54) is 9.75 Å². The van der Waals surface area contributed by atoms with Crippen LogP contribution in [0.25, 0.3) is 0 Å². The number of thiophene rings is 1. The Hall–Kier alpha value is -0.420. The van der Waals surface area contributed by atoms with Gasteiger partial charge in [0.2, 0.25) is 0 Å². The first-order valence-corrected chi connectivity index (χ1v) is 7.95. The maximum atomic E-state index is 10.2. The molecule has 1 aromatic heterocycles. The van der Waals surface area contributed by atoms with Gasteiger partial charge < -0.3 is 10.2 Å². The van der Waals surface area contributed by atoms with Crippen LogP contribution in [0.1, 0.15) is 36.4 Å². The number of likely N-dealkylation sites (tertiary alicyclic amines) is 1. The molecule has 0 bridgehead atoms. The lowest BCUT2D eigenvalue weighted by atomic mass is 9.94. The van der Waals surface area contributed by atoms with Crippen molar-refractivity contribution in [1.82, 2.24) is 4.90 Å². The summed E-state index contributed by atoms with van der Waals surface area (Å²) in [5.74, 6) is 0.695. The molecule has 3 nitrogen and oxygen atoms in total. The Morgan fingerprint density at radius 1 is 1.37 bits per heavy atom. The summed E-state index contributed by atoms with van der Waals surface area (Å²) in [6.07, 6.45) is 2.82. The summed E-state index contributed by atoms with van der Waals surface area (Å²) >= 11 is 1.88. The second kappa shape index (κ2) is 6.35. The number of hydrogen-bond donors (Lipinski definition) is 2. The van der Waals surface area contributed by atoms with E-state index in [2.05, 4.69) is 30.9 Å². The molecule has 0 saturated carbocycles. The summed E-state index contributed by atoms with van der Waals surface area (Å²) in [6, 6.07) is 4.43. The molecule has 1 fully saturated rings. The third kappa shape index (κ3) is 4.28. The van der Waals surface area contributed by atoms with E-state index < -0.39 is 5.60 Å². The molecule has 0 aliphatic carbocycles. The molecule has 0 spiro atoms. The van der Waals surface area contributed by atoms with Gasteiger partial charge in [0.25, 0.3) is 0 Å². The minimum atomic E-state index is -0.893. The normalized spacial score (nSPS) is 25.1. The molecule has 1 aromatic rings. The molecular formula is C15H25NO2S. The fourth-order valence-electron chi connectivity index (χ4n) is 2.71. The van der Waals surface area contributed by atoms with Gasteiger partial charge in [-0.05, 0) is 43.9 Å². The lowest BCUT2D eigenvalue weighted by Gasteiger charge is -2.37. The highest BCUT2D eigenvalue weighted by atomic mass is 32.1. The first kappa shape index (κ1) is 15.0. The molecule has 1 unspecified atom stereocenters. The molecule has 1 aliphatic heterocycles. The standard InChI is InChI=1S/C15H25NO2S/c1-12(2)8-13-4-5-14(19-13)9-16-7-3-6-15(18,10-16)11-17/h4-5,12,17-18H,3,6-11H2,1-2H3. The quantitative estimate of drug-likeness (QED) is 0.871. The Morgan fingerprint density at radius 3 is 2.79 bits per heavy atom. The zero-order valence-corrected chi connectivity index (χ0v) is 12.7. The summed E-state index contributed by atoms with van der Waals surface area (Å²) < 4.78 is 0. The fourth-order valence-corrected chi connectivity index (χ4v) is 3.98. The van der Waals surface area contributed by atoms with Crippen molar-refractivity contribution in [3.63, 3.8) is 0 Å². The average Bonchev–Trinajstić information content (AvgIpc) is 2.76. The van der Waals surface area contributed by atoms with Gasteiger partial charge in [0.1, 0.15) is 5.60 Å². The topological polar surface area (TPSA) is 43.7 Å². The highest BCUT2D eigenvalue weighted by molar-refractivity contribution is 7.11. The van der Waals surface area contributed by atoms with Gasteiger partial charge in [-0.25, -0.2) is 0 Å². The van der Waals surface area contributed by atoms with Crippen molar-refractivity contribution in [3.05, 3.63) is 21.9 Å². The van der Waals surface area contributed by atoms with Crippen molar-refractivity contribution in [2.45, 2.75) is 45.3 Å². The predicted molar refractivity (Wildman–Crippen MR) is 79.4 cm³/mol. The van der Waals surface area contributed by atoms with Crippen LogP contribution < -0.4 is 0 Å². The van der Waals surface area contributed by atoms with E-state index in [9.17, 15) is 10.2 Å². The van der Waals surface area contributed by atoms with E-state index in [1.807, 2.05) is 11.3 Å². The van der Waals surface area contributed by atoms with Crippen molar-refractivity contribution in [2.75, 3.05) is 19.7 Å². The third-order valence-corrected chi connectivity index (χ3v) is 4.73. The second-order valence-corrected chi connectivity index (χ2v) is 7.42. The average molecular weight is 283 g/mol. The zero-order chi connectivity index (χ0) is 13.9. The highest BCUT2D eigenvalue weighted by Gasteiger charge is 2.32. The molecule has 19 heavy (non-hydrogen) atoms. The van der Waals surface area contributed by atoms with E-state index in [4.69, 9.17) is 0 Å². The highest BCUT2D eigenvalue weighted by Crippen LogP contribution is 2.25. The Labute approximate surface area is 119 Å². The van der Waals surface area contributed by atoms with Gasteiger partial charge in [0.05, 0.1) is 6.61 Å². The summed E-state index contributed by atoms with van der Waals surface area (Å²) in [7, 11) is 0. The largest absolute Gasteiger partial charge is 0.393 e. The van der Waals surface area contributed by atoms with Crippen LogP contribution in [0.15, 0.2) is 12.1 Å². The first-order valence-electron chi connectivity index (χ1n) is 7.14. The molecule has 2 heterocycles. The smallest absolute Gasteiger partial charge is 0.100 e. The summed E-state index contributed by atoms with van der Waals surface area (Å²) in [4.78, 5) is 5.06. The summed E-state index contributed by atoms with van der Waals surface area (Å²) in [5, 5.41) is 19.4. The van der Waals surface area contributed by atoms with Gasteiger partial charge >= 0.3 is 0 Å². The van der Waals surface area contributed by atoms with Crippen molar-refractivity contribution in [2.24, 2.45) is 5.92 Å². The number of β-amino-alcohol motifs (C(OH)–C–C–N with tert-alkyl or cyclic N) is 1. The van der Waals surface area contributed by atoms with Crippen molar-refractivity contribution in [1.29, 1.82) is 0 Å². The van der Waals surface area contributed by atoms with Gasteiger partial charge in [-0.1, -0.05) is 13.8 Å². The van der Waals surface area contributed by atoms with Gasteiger partial charge in [-0.15, -0.1) is 11.3 Å². The van der Waals surface area contributed by atoms with Crippen molar-refractivity contribution >= 4 is 11.3 Å². The Kier molecular flexibility index (Phi) is 5.01. The Morgan fingerprint density at radius 2 is 2.11 bits per heavy atom. The van der Waals surface area contributed by atoms with E-state index in [1.54, 1.807) is 0 Å². The van der Waals surface area contributed by atoms with Gasteiger partial charge in [-0.2, -0.15) is 0 Å². The molecule has 1 aliphatic rings. The monoisotopic (exact) mass is 283 g/mol. The van der Waals surface area contributed by atoms with Crippen LogP contribution in [0.4, 0.5) is 0 Å². The number of rotatable bonds is 5. The number of hydrogen-bond acceptors (Lipinski definition) is 4. The van der Waals surface area contributed by atoms with Crippen LogP contribution in [0.2, 0.25) is 0 Å². The molecule has 0 amide bonds. The number of piperidine rings is 1. The zero-order valence-electron chi connectivity index (χ0n) is 11.9. The van der Waals surface area contributed by atoms with Crippen LogP contribution in [-0.4, -0.2) is 40.4 Å². The molecule has 2 rings (SSSR count). The molecule has 2 N–H and O–H groups in total. The van der Waals surface area contributed by atoms with E-state index >= 15 is 0 Å². The lowest BCUT2D eigenvalue weighted by molar-refractivity contribution is -0.0685. The van der Waals surface area contributed by atoms with Crippen molar-refractivity contribution in [3.8, 4) is 0 Å². The van der Waals surface area contributed by atoms with E-state index in [0.717, 1.165) is 25.9 Å². The minimum Gasteiger partial charge on any atom is -0.393 e. The maximum absolute atomic E-state index is 10.2. The summed E-state index contributed by atoms with van der Waals surface area (Å²) in [6.45, 7) is 6.84. The predicted octanol–water partition coefficient (Wildman–Crippen LogP) is 2.27. The molecule has 108 valence electrons. The Balaban J connectivity index is 1.91. The summed E-state index contributed by atoms with van der Waals surface area (Å²) in [5.41, 5.74) is -0.893. The van der Waals surface area contributed by atoms with Crippen LogP contribution >= 0.6 is 11.3 Å². The number of nitrogens with zero attached hydrogens (tertiary/aromatic N) is 1. The van der Waals surface area contributed by atoms with Gasteiger partial charge in [0, 0.05) is 22.8 Å². The molecule has 4 heteroatoms. The number of aliphatic hydroxyl groups is 2. The van der Waals surface area contributed by atoms with Crippen LogP contribution in [-0.2, 0) is 13.0 Å². The Bertz CT molecular complexity index is 405. The molecule has 0 radical (unpaired) electrons. The molecule has 1 saturated heterocycles. The molecule has 1 atom stereocenters. The molecule has 0 aromatic carbocycles. The third-order valence-electron chi connectivity index (χ3n) is 3.63. The van der Waals surface area contributed by atoms with Gasteiger partial charge in [0.15, 0.2) is 0 Å².